The molecule has 0 fully saturated rings. The zero-order valence-corrected chi connectivity index (χ0v) is 19.4. The summed E-state index contributed by atoms with van der Waals surface area (Å²) >= 11 is 0. The number of benzene rings is 3. The molecule has 0 aromatic heterocycles. The highest BCUT2D eigenvalue weighted by atomic mass is 32.2. The minimum absolute atomic E-state index is 0.0733. The molecule has 0 radical (unpaired) electrons. The molecule has 0 aliphatic rings. The number of carbonyl (C=O) groups is 1. The molecule has 0 bridgehead atoms. The highest BCUT2D eigenvalue weighted by Gasteiger charge is 2.25. The van der Waals surface area contributed by atoms with E-state index < -0.39 is 15.4 Å². The molecule has 3 aromatic rings. The van der Waals surface area contributed by atoms with Gasteiger partial charge in [-0.25, -0.2) is 8.42 Å². The molecule has 0 unspecified atom stereocenters. The Morgan fingerprint density at radius 1 is 0.903 bits per heavy atom. The second-order valence-corrected chi connectivity index (χ2v) is 10.0. The van der Waals surface area contributed by atoms with E-state index in [-0.39, 0.29) is 10.8 Å². The van der Waals surface area contributed by atoms with Gasteiger partial charge in [0.15, 0.2) is 0 Å². The first kappa shape index (κ1) is 22.6. The summed E-state index contributed by atoms with van der Waals surface area (Å²) in [5.74, 6) is -0.0733. The molecule has 164 valence electrons. The van der Waals surface area contributed by atoms with E-state index in [1.807, 2.05) is 64.0 Å². The number of rotatable bonds is 7. The summed E-state index contributed by atoms with van der Waals surface area (Å²) in [5, 5.41) is 4.40. The van der Waals surface area contributed by atoms with Crippen LogP contribution in [0.1, 0.15) is 27.2 Å². The monoisotopic (exact) mass is 439 g/mol. The number of fused-ring (bicyclic) bond motifs is 1. The van der Waals surface area contributed by atoms with Gasteiger partial charge in [0.1, 0.15) is 0 Å². The Labute approximate surface area is 184 Å². The standard InChI is InChI=1S/C24H29N3O3S/c1-6-24(2,3)23(28)25-17-13-15-18(16-14-17)26-31(29,30)22-12-8-9-19-20(22)10-7-11-21(19)27(4)5/h7-16,26H,6H2,1-5H3,(H,25,28). The van der Waals surface area contributed by atoms with Crippen molar-refractivity contribution in [1.29, 1.82) is 0 Å². The summed E-state index contributed by atoms with van der Waals surface area (Å²) in [7, 11) is 0.0521. The Balaban J connectivity index is 1.86. The minimum atomic E-state index is -3.80. The molecule has 7 heteroatoms. The van der Waals surface area contributed by atoms with E-state index in [1.165, 1.54) is 0 Å². The van der Waals surface area contributed by atoms with Crippen LogP contribution < -0.4 is 14.9 Å². The second kappa shape index (κ2) is 8.59. The summed E-state index contributed by atoms with van der Waals surface area (Å²) in [4.78, 5) is 14.5. The number of carbonyl (C=O) groups excluding carboxylic acids is 1. The predicted octanol–water partition coefficient (Wildman–Crippen LogP) is 5.08. The normalized spacial score (nSPS) is 11.9. The highest BCUT2D eigenvalue weighted by Crippen LogP contribution is 2.31. The van der Waals surface area contributed by atoms with Crippen molar-refractivity contribution in [2.45, 2.75) is 32.1 Å². The van der Waals surface area contributed by atoms with E-state index >= 15 is 0 Å². The summed E-state index contributed by atoms with van der Waals surface area (Å²) in [6.07, 6.45) is 0.720. The molecule has 1 amide bonds. The van der Waals surface area contributed by atoms with Gasteiger partial charge in [0, 0.05) is 47.3 Å². The third kappa shape index (κ3) is 4.82. The predicted molar refractivity (Wildman–Crippen MR) is 128 cm³/mol. The van der Waals surface area contributed by atoms with Crippen molar-refractivity contribution in [3.63, 3.8) is 0 Å². The SMILES string of the molecule is CCC(C)(C)C(=O)Nc1ccc(NS(=O)(=O)c2cccc3c(N(C)C)cccc23)cc1. The Bertz CT molecular complexity index is 1200. The zero-order valence-electron chi connectivity index (χ0n) is 18.6. The first-order chi connectivity index (χ1) is 14.5. The summed E-state index contributed by atoms with van der Waals surface area (Å²) in [5.41, 5.74) is 1.52. The molecule has 0 saturated heterocycles. The van der Waals surface area contributed by atoms with Crippen molar-refractivity contribution in [3.8, 4) is 0 Å². The Hall–Kier alpha value is -3.06. The summed E-state index contributed by atoms with van der Waals surface area (Å²) < 4.78 is 28.9. The molecule has 0 spiro atoms. The number of nitrogens with zero attached hydrogens (tertiary/aromatic N) is 1. The number of amides is 1. The minimum Gasteiger partial charge on any atom is -0.377 e. The third-order valence-corrected chi connectivity index (χ3v) is 6.96. The van der Waals surface area contributed by atoms with Crippen LogP contribution in [0.25, 0.3) is 10.8 Å². The van der Waals surface area contributed by atoms with Gasteiger partial charge >= 0.3 is 0 Å². The number of nitrogens with one attached hydrogen (secondary N) is 2. The van der Waals surface area contributed by atoms with E-state index in [4.69, 9.17) is 0 Å². The number of sulfonamides is 1. The fourth-order valence-electron chi connectivity index (χ4n) is 3.18. The van der Waals surface area contributed by atoms with E-state index in [9.17, 15) is 13.2 Å². The third-order valence-electron chi connectivity index (χ3n) is 5.52. The lowest BCUT2D eigenvalue weighted by Crippen LogP contribution is -2.29. The molecule has 0 heterocycles. The molecule has 2 N–H and O–H groups in total. The largest absolute Gasteiger partial charge is 0.377 e. The van der Waals surface area contributed by atoms with Gasteiger partial charge in [-0.2, -0.15) is 0 Å². The van der Waals surface area contributed by atoms with E-state index in [1.54, 1.807) is 36.4 Å². The van der Waals surface area contributed by atoms with Gasteiger partial charge in [-0.05, 0) is 42.8 Å². The van der Waals surface area contributed by atoms with Gasteiger partial charge in [0.05, 0.1) is 4.90 Å². The summed E-state index contributed by atoms with van der Waals surface area (Å²) in [6, 6.07) is 17.5. The molecule has 3 rings (SSSR count). The summed E-state index contributed by atoms with van der Waals surface area (Å²) in [6.45, 7) is 5.74. The lowest BCUT2D eigenvalue weighted by atomic mass is 9.89. The lowest BCUT2D eigenvalue weighted by molar-refractivity contribution is -0.124. The Morgan fingerprint density at radius 3 is 2.10 bits per heavy atom. The van der Waals surface area contributed by atoms with Crippen molar-refractivity contribution in [3.05, 3.63) is 60.7 Å². The van der Waals surface area contributed by atoms with Crippen LogP contribution in [-0.2, 0) is 14.8 Å². The molecule has 0 aliphatic heterocycles. The van der Waals surface area contributed by atoms with Crippen LogP contribution >= 0.6 is 0 Å². The maximum Gasteiger partial charge on any atom is 0.262 e. The van der Waals surface area contributed by atoms with Crippen molar-refractivity contribution >= 4 is 43.8 Å². The van der Waals surface area contributed by atoms with Gasteiger partial charge in [0.25, 0.3) is 10.0 Å². The van der Waals surface area contributed by atoms with Crippen LogP contribution in [0, 0.1) is 5.41 Å². The van der Waals surface area contributed by atoms with Crippen molar-refractivity contribution in [2.24, 2.45) is 5.41 Å². The van der Waals surface area contributed by atoms with E-state index in [2.05, 4.69) is 10.0 Å². The number of hydrogen-bond donors (Lipinski definition) is 2. The van der Waals surface area contributed by atoms with Gasteiger partial charge in [-0.15, -0.1) is 0 Å². The van der Waals surface area contributed by atoms with E-state index in [0.717, 1.165) is 17.5 Å². The highest BCUT2D eigenvalue weighted by molar-refractivity contribution is 7.93. The molecule has 31 heavy (non-hydrogen) atoms. The van der Waals surface area contributed by atoms with Crippen LogP contribution in [0.4, 0.5) is 17.1 Å². The quantitative estimate of drug-likeness (QED) is 0.538. The average molecular weight is 440 g/mol. The second-order valence-electron chi connectivity index (χ2n) is 8.40. The van der Waals surface area contributed by atoms with Gasteiger partial charge < -0.3 is 10.2 Å². The molecule has 6 nitrogen and oxygen atoms in total. The van der Waals surface area contributed by atoms with Gasteiger partial charge in [-0.1, -0.05) is 45.0 Å². The van der Waals surface area contributed by atoms with Crippen LogP contribution in [-0.4, -0.2) is 28.4 Å². The van der Waals surface area contributed by atoms with Crippen molar-refractivity contribution in [2.75, 3.05) is 29.0 Å². The molecular weight excluding hydrogens is 410 g/mol. The smallest absolute Gasteiger partial charge is 0.262 e. The van der Waals surface area contributed by atoms with Gasteiger partial charge in [0.2, 0.25) is 5.91 Å². The molecular formula is C24H29N3O3S. The average Bonchev–Trinajstić information content (AvgIpc) is 2.73. The number of hydrogen-bond acceptors (Lipinski definition) is 4. The zero-order chi connectivity index (χ0) is 22.8. The van der Waals surface area contributed by atoms with Crippen LogP contribution in [0.5, 0.6) is 0 Å². The first-order valence-corrected chi connectivity index (χ1v) is 11.7. The fraction of sp³-hybridized carbons (Fsp3) is 0.292. The van der Waals surface area contributed by atoms with Crippen LogP contribution in [0.2, 0.25) is 0 Å². The van der Waals surface area contributed by atoms with Crippen molar-refractivity contribution in [1.82, 2.24) is 0 Å². The maximum absolute atomic E-state index is 13.1. The molecule has 0 saturated carbocycles. The van der Waals surface area contributed by atoms with Gasteiger partial charge in [-0.3, -0.25) is 9.52 Å². The first-order valence-electron chi connectivity index (χ1n) is 10.2. The Kier molecular flexibility index (Phi) is 6.27. The van der Waals surface area contributed by atoms with E-state index in [0.29, 0.717) is 16.8 Å². The Morgan fingerprint density at radius 2 is 1.48 bits per heavy atom. The molecule has 3 aromatic carbocycles. The maximum atomic E-state index is 13.1. The lowest BCUT2D eigenvalue weighted by Gasteiger charge is -2.21. The van der Waals surface area contributed by atoms with Crippen LogP contribution in [0.15, 0.2) is 65.6 Å². The van der Waals surface area contributed by atoms with Crippen molar-refractivity contribution < 1.29 is 13.2 Å². The number of anilines is 3. The fourth-order valence-corrected chi connectivity index (χ4v) is 4.46. The molecule has 0 aliphatic carbocycles. The topological polar surface area (TPSA) is 78.5 Å². The van der Waals surface area contributed by atoms with Crippen LogP contribution in [0.3, 0.4) is 0 Å². The molecule has 0 atom stereocenters.